The summed E-state index contributed by atoms with van der Waals surface area (Å²) >= 11 is 0. The molecule has 0 bridgehead atoms. The van der Waals surface area contributed by atoms with Crippen molar-refractivity contribution in [2.75, 3.05) is 0 Å². The summed E-state index contributed by atoms with van der Waals surface area (Å²) in [6.07, 6.45) is 8.89. The first-order valence-electron chi connectivity index (χ1n) is 14.1. The Morgan fingerprint density at radius 3 is 1.03 bits per heavy atom. The monoisotopic (exact) mass is 582 g/mol. The number of carbonyl (C=O) groups is 4. The number of hydrogen-bond acceptors (Lipinski definition) is 8. The van der Waals surface area contributed by atoms with Crippen molar-refractivity contribution in [3.63, 3.8) is 0 Å². The maximum Gasteiger partial charge on any atom is 2.00 e. The Balaban J connectivity index is -0.000000648. The van der Waals surface area contributed by atoms with E-state index in [0.29, 0.717) is 0 Å². The van der Waals surface area contributed by atoms with Crippen molar-refractivity contribution in [2.45, 2.75) is 157 Å². The maximum atomic E-state index is 11.6. The van der Waals surface area contributed by atoms with Gasteiger partial charge < -0.3 is 29.3 Å². The summed E-state index contributed by atoms with van der Waals surface area (Å²) in [5, 5.41) is 20.9. The second-order valence-electron chi connectivity index (χ2n) is 12.6. The molecule has 0 saturated heterocycles. The normalized spacial score (nSPS) is 14.4. The van der Waals surface area contributed by atoms with E-state index in [1.807, 2.05) is 55.4 Å². The van der Waals surface area contributed by atoms with E-state index in [1.165, 1.54) is 0 Å². The Morgan fingerprint density at radius 1 is 0.538 bits per heavy atom. The molecule has 8 nitrogen and oxygen atoms in total. The summed E-state index contributed by atoms with van der Waals surface area (Å²) in [5.74, 6) is -4.22. The van der Waals surface area contributed by atoms with E-state index in [0.717, 1.165) is 64.2 Å². The molecule has 0 aromatic rings. The van der Waals surface area contributed by atoms with Gasteiger partial charge in [-0.3, -0.25) is 9.59 Å². The van der Waals surface area contributed by atoms with Crippen LogP contribution < -0.4 is 10.2 Å². The molecule has 39 heavy (non-hydrogen) atoms. The van der Waals surface area contributed by atoms with Gasteiger partial charge >= 0.3 is 49.7 Å². The van der Waals surface area contributed by atoms with Crippen LogP contribution in [0.1, 0.15) is 146 Å². The van der Waals surface area contributed by atoms with E-state index in [2.05, 4.69) is 13.8 Å². The summed E-state index contributed by atoms with van der Waals surface area (Å²) < 4.78 is 10.9. The van der Waals surface area contributed by atoms with Crippen molar-refractivity contribution in [2.24, 2.45) is 10.8 Å². The smallest absolute Gasteiger partial charge is 0.550 e. The van der Waals surface area contributed by atoms with E-state index in [9.17, 15) is 29.4 Å². The average Bonchev–Trinajstić information content (AvgIpc) is 2.72. The van der Waals surface area contributed by atoms with Gasteiger partial charge in [0.05, 0.1) is 24.8 Å². The molecule has 0 rings (SSSR count). The third kappa shape index (κ3) is 19.0. The Morgan fingerprint density at radius 2 is 0.821 bits per heavy atom. The molecule has 0 heterocycles. The fourth-order valence-electron chi connectivity index (χ4n) is 3.75. The Kier molecular flexibility index (Phi) is 21.9. The number of carbonyl (C=O) groups excluding carboxylic acids is 4. The number of hydrogen-bond donors (Lipinski definition) is 0. The van der Waals surface area contributed by atoms with E-state index in [1.54, 1.807) is 0 Å². The SMILES string of the molecule is CCCCCCC(C)(OC(=O)CC(=O)[O-])C(C)(C)C.CCCCCCC(C)(OC(=O)CC(=O)[O-])C(C)(C)C.[Ca+2]. The Hall–Kier alpha value is -0.860. The third-order valence-corrected chi connectivity index (χ3v) is 7.44. The van der Waals surface area contributed by atoms with Gasteiger partial charge in [0.2, 0.25) is 0 Å². The topological polar surface area (TPSA) is 133 Å². The number of carboxylic acid groups (broad SMARTS) is 2. The second kappa shape index (κ2) is 20.1. The molecule has 0 aliphatic heterocycles. The minimum atomic E-state index is -1.40. The molecule has 9 heteroatoms. The van der Waals surface area contributed by atoms with E-state index < -0.39 is 47.9 Å². The van der Waals surface area contributed by atoms with Crippen molar-refractivity contribution in [1.82, 2.24) is 0 Å². The molecule has 0 radical (unpaired) electrons. The van der Waals surface area contributed by atoms with Crippen molar-refractivity contribution in [3.8, 4) is 0 Å². The minimum Gasteiger partial charge on any atom is -0.550 e. The zero-order valence-electron chi connectivity index (χ0n) is 26.5. The molecule has 0 amide bonds. The van der Waals surface area contributed by atoms with Gasteiger partial charge in [-0.05, 0) is 39.5 Å². The predicted molar refractivity (Wildman–Crippen MR) is 150 cm³/mol. The molecule has 0 aliphatic carbocycles. The van der Waals surface area contributed by atoms with E-state index >= 15 is 0 Å². The summed E-state index contributed by atoms with van der Waals surface area (Å²) in [4.78, 5) is 44.0. The summed E-state index contributed by atoms with van der Waals surface area (Å²) in [6, 6.07) is 0. The standard InChI is InChI=1S/2C15H28O4.Ca/c2*1-6-7-8-9-10-15(5,14(2,3)4)19-13(18)11-12(16)17;/h2*6-11H2,1-5H3,(H,16,17);/q;;+2/p-2. The van der Waals surface area contributed by atoms with Gasteiger partial charge in [0.1, 0.15) is 11.2 Å². The number of ether oxygens (including phenoxy) is 2. The van der Waals surface area contributed by atoms with Crippen LogP contribution >= 0.6 is 0 Å². The summed E-state index contributed by atoms with van der Waals surface area (Å²) in [5.41, 5.74) is -1.76. The van der Waals surface area contributed by atoms with Gasteiger partial charge in [-0.15, -0.1) is 0 Å². The predicted octanol–water partition coefficient (Wildman–Crippen LogP) is 4.51. The van der Waals surface area contributed by atoms with Gasteiger partial charge in [0, 0.05) is 10.8 Å². The molecular weight excluding hydrogens is 528 g/mol. The van der Waals surface area contributed by atoms with Gasteiger partial charge in [-0.1, -0.05) is 93.9 Å². The molecule has 0 spiro atoms. The fourth-order valence-corrected chi connectivity index (χ4v) is 3.75. The fraction of sp³-hybridized carbons (Fsp3) is 0.867. The molecule has 0 N–H and O–H groups in total. The van der Waals surface area contributed by atoms with Crippen LogP contribution in [-0.2, 0) is 28.7 Å². The van der Waals surface area contributed by atoms with Crippen molar-refractivity contribution >= 4 is 61.6 Å². The zero-order chi connectivity index (χ0) is 30.2. The van der Waals surface area contributed by atoms with Crippen LogP contribution in [0, 0.1) is 10.8 Å². The molecule has 224 valence electrons. The van der Waals surface area contributed by atoms with Crippen molar-refractivity contribution in [3.05, 3.63) is 0 Å². The first-order chi connectivity index (χ1) is 17.2. The van der Waals surface area contributed by atoms with Crippen LogP contribution in [0.2, 0.25) is 0 Å². The van der Waals surface area contributed by atoms with Crippen molar-refractivity contribution < 1.29 is 38.9 Å². The molecule has 0 aromatic heterocycles. The Labute approximate surface area is 267 Å². The average molecular weight is 583 g/mol. The first kappa shape index (κ1) is 42.6. The zero-order valence-corrected chi connectivity index (χ0v) is 28.7. The molecule has 2 unspecified atom stereocenters. The number of esters is 2. The molecule has 0 saturated carbocycles. The quantitative estimate of drug-likeness (QED) is 0.112. The second-order valence-corrected chi connectivity index (χ2v) is 12.6. The van der Waals surface area contributed by atoms with Gasteiger partial charge in [0.25, 0.3) is 0 Å². The van der Waals surface area contributed by atoms with E-state index in [4.69, 9.17) is 9.47 Å². The molecular formula is C30H54CaO8. The first-order valence-corrected chi connectivity index (χ1v) is 14.1. The van der Waals surface area contributed by atoms with Crippen LogP contribution in [0.3, 0.4) is 0 Å². The van der Waals surface area contributed by atoms with Crippen LogP contribution in [0.4, 0.5) is 0 Å². The van der Waals surface area contributed by atoms with Gasteiger partial charge in [-0.2, -0.15) is 0 Å². The molecule has 0 aromatic carbocycles. The Bertz CT molecular complexity index is 676. The number of aliphatic carboxylic acids is 2. The molecule has 0 fully saturated rings. The van der Waals surface area contributed by atoms with Gasteiger partial charge in [0.15, 0.2) is 0 Å². The van der Waals surface area contributed by atoms with E-state index in [-0.39, 0.29) is 48.6 Å². The maximum absolute atomic E-state index is 11.6. The van der Waals surface area contributed by atoms with Crippen LogP contribution in [0.5, 0.6) is 0 Å². The molecule has 2 atom stereocenters. The largest absolute Gasteiger partial charge is 2.00 e. The van der Waals surface area contributed by atoms with Crippen LogP contribution in [0.25, 0.3) is 0 Å². The number of unbranched alkanes of at least 4 members (excludes halogenated alkanes) is 6. The van der Waals surface area contributed by atoms with Gasteiger partial charge in [-0.25, -0.2) is 0 Å². The summed E-state index contributed by atoms with van der Waals surface area (Å²) in [6.45, 7) is 20.0. The number of rotatable bonds is 16. The molecule has 0 aliphatic rings. The summed E-state index contributed by atoms with van der Waals surface area (Å²) in [7, 11) is 0. The number of carboxylic acids is 2. The van der Waals surface area contributed by atoms with Crippen LogP contribution in [0.15, 0.2) is 0 Å². The minimum absolute atomic E-state index is 0. The van der Waals surface area contributed by atoms with Crippen LogP contribution in [-0.4, -0.2) is 72.8 Å². The van der Waals surface area contributed by atoms with Crippen molar-refractivity contribution in [1.29, 1.82) is 0 Å². The third-order valence-electron chi connectivity index (χ3n) is 7.44.